The van der Waals surface area contributed by atoms with Crippen molar-refractivity contribution < 1.29 is 4.74 Å². The molecule has 2 aromatic carbocycles. The van der Waals surface area contributed by atoms with Crippen molar-refractivity contribution in [2.45, 2.75) is 26.2 Å². The lowest BCUT2D eigenvalue weighted by Gasteiger charge is -1.98. The molecule has 0 saturated carbocycles. The number of benzene rings is 2. The Hall–Kier alpha value is -1.60. The van der Waals surface area contributed by atoms with E-state index in [9.17, 15) is 0 Å². The van der Waals surface area contributed by atoms with Gasteiger partial charge in [0.25, 0.3) is 0 Å². The molecule has 0 saturated heterocycles. The summed E-state index contributed by atoms with van der Waals surface area (Å²) in [4.78, 5) is 0. The summed E-state index contributed by atoms with van der Waals surface area (Å²) in [5.41, 5.74) is 2.80. The van der Waals surface area contributed by atoms with Crippen LogP contribution in [0.15, 0.2) is 60.7 Å². The largest absolute Gasteiger partial charge is 0.385 e. The van der Waals surface area contributed by atoms with Crippen LogP contribution in [0.5, 0.6) is 0 Å². The minimum absolute atomic E-state index is 0.856. The third-order valence-electron chi connectivity index (χ3n) is 2.91. The maximum absolute atomic E-state index is 4.96. The Morgan fingerprint density at radius 1 is 0.789 bits per heavy atom. The summed E-state index contributed by atoms with van der Waals surface area (Å²) in [6, 6.07) is 20.9. The first kappa shape index (κ1) is 15.5. The van der Waals surface area contributed by atoms with E-state index in [1.807, 2.05) is 12.1 Å². The number of hydrogen-bond acceptors (Lipinski definition) is 1. The summed E-state index contributed by atoms with van der Waals surface area (Å²) < 4.78 is 4.96. The van der Waals surface area contributed by atoms with Crippen molar-refractivity contribution in [2.75, 3.05) is 13.7 Å². The molecule has 0 aliphatic carbocycles. The second-order valence-corrected chi connectivity index (χ2v) is 4.42. The van der Waals surface area contributed by atoms with E-state index in [0.29, 0.717) is 0 Å². The minimum atomic E-state index is 0.856. The van der Waals surface area contributed by atoms with Gasteiger partial charge in [0.2, 0.25) is 0 Å². The highest BCUT2D eigenvalue weighted by Gasteiger charge is 1.89. The molecule has 2 aromatic rings. The Bertz CT molecular complexity index is 408. The van der Waals surface area contributed by atoms with Gasteiger partial charge in [-0.05, 0) is 30.4 Å². The van der Waals surface area contributed by atoms with E-state index in [-0.39, 0.29) is 0 Å². The molecule has 1 nitrogen and oxygen atoms in total. The highest BCUT2D eigenvalue weighted by atomic mass is 16.5. The predicted octanol–water partition coefficient (Wildman–Crippen LogP) is 4.51. The van der Waals surface area contributed by atoms with Crippen LogP contribution in [0.1, 0.15) is 24.5 Å². The van der Waals surface area contributed by atoms with Gasteiger partial charge in [-0.3, -0.25) is 0 Å². The lowest BCUT2D eigenvalue weighted by molar-refractivity contribution is 0.195. The van der Waals surface area contributed by atoms with Crippen molar-refractivity contribution in [3.8, 4) is 0 Å². The summed E-state index contributed by atoms with van der Waals surface area (Å²) in [6.45, 7) is 3.02. The molecule has 19 heavy (non-hydrogen) atoms. The van der Waals surface area contributed by atoms with Gasteiger partial charge in [-0.1, -0.05) is 67.6 Å². The van der Waals surface area contributed by atoms with E-state index in [1.165, 1.54) is 11.1 Å². The molecule has 0 fully saturated rings. The molecular formula is C18H24O. The standard InChI is InChI=1S/C10H14O.C8H10/c1-11-9-5-8-10-6-3-2-4-7-10;1-2-8-6-4-3-5-7-8/h2-4,6-7H,5,8-9H2,1H3;3-7H,2H2,1H3. The van der Waals surface area contributed by atoms with Crippen LogP contribution in [-0.4, -0.2) is 13.7 Å². The van der Waals surface area contributed by atoms with Gasteiger partial charge in [0.1, 0.15) is 0 Å². The number of methoxy groups -OCH3 is 1. The topological polar surface area (TPSA) is 9.23 Å². The Balaban J connectivity index is 0.000000200. The molecule has 1 heteroatoms. The van der Waals surface area contributed by atoms with Crippen molar-refractivity contribution in [1.82, 2.24) is 0 Å². The molecule has 0 amide bonds. The fraction of sp³-hybridized carbons (Fsp3) is 0.333. The number of rotatable bonds is 5. The van der Waals surface area contributed by atoms with Crippen LogP contribution in [0.3, 0.4) is 0 Å². The average molecular weight is 256 g/mol. The molecule has 0 heterocycles. The summed E-state index contributed by atoms with van der Waals surface area (Å²) >= 11 is 0. The van der Waals surface area contributed by atoms with Gasteiger partial charge in [0.15, 0.2) is 0 Å². The van der Waals surface area contributed by atoms with Crippen LogP contribution < -0.4 is 0 Å². The van der Waals surface area contributed by atoms with E-state index in [4.69, 9.17) is 4.74 Å². The third kappa shape index (κ3) is 7.43. The summed E-state index contributed by atoms with van der Waals surface area (Å²) in [5, 5.41) is 0. The van der Waals surface area contributed by atoms with Crippen LogP contribution in [-0.2, 0) is 17.6 Å². The average Bonchev–Trinajstić information content (AvgIpc) is 2.50. The molecule has 0 bridgehead atoms. The third-order valence-corrected chi connectivity index (χ3v) is 2.91. The number of aryl methyl sites for hydroxylation is 2. The number of hydrogen-bond donors (Lipinski definition) is 0. The quantitative estimate of drug-likeness (QED) is 0.715. The van der Waals surface area contributed by atoms with Crippen molar-refractivity contribution in [2.24, 2.45) is 0 Å². The van der Waals surface area contributed by atoms with E-state index < -0.39 is 0 Å². The Kier molecular flexibility index (Phi) is 8.41. The Labute approximate surface area is 117 Å². The fourth-order valence-electron chi connectivity index (χ4n) is 1.78. The first-order valence-corrected chi connectivity index (χ1v) is 6.93. The first-order valence-electron chi connectivity index (χ1n) is 6.93. The van der Waals surface area contributed by atoms with Crippen LogP contribution in [0.25, 0.3) is 0 Å². The number of ether oxygens (including phenoxy) is 1. The second-order valence-electron chi connectivity index (χ2n) is 4.42. The van der Waals surface area contributed by atoms with E-state index >= 15 is 0 Å². The lowest BCUT2D eigenvalue weighted by atomic mass is 10.1. The normalized spacial score (nSPS) is 9.58. The molecule has 0 aromatic heterocycles. The summed E-state index contributed by atoms with van der Waals surface area (Å²) in [5.74, 6) is 0. The molecule has 0 atom stereocenters. The van der Waals surface area contributed by atoms with Crippen LogP contribution in [0, 0.1) is 0 Å². The molecule has 0 unspecified atom stereocenters. The van der Waals surface area contributed by atoms with Crippen LogP contribution in [0.2, 0.25) is 0 Å². The van der Waals surface area contributed by atoms with Crippen molar-refractivity contribution in [3.05, 3.63) is 71.8 Å². The van der Waals surface area contributed by atoms with Crippen LogP contribution >= 0.6 is 0 Å². The van der Waals surface area contributed by atoms with Gasteiger partial charge in [-0.25, -0.2) is 0 Å². The zero-order valence-electron chi connectivity index (χ0n) is 12.0. The molecule has 0 N–H and O–H groups in total. The Morgan fingerprint density at radius 3 is 1.74 bits per heavy atom. The van der Waals surface area contributed by atoms with Crippen molar-refractivity contribution in [1.29, 1.82) is 0 Å². The molecule has 0 spiro atoms. The fourth-order valence-corrected chi connectivity index (χ4v) is 1.78. The van der Waals surface area contributed by atoms with E-state index in [2.05, 4.69) is 55.5 Å². The first-order chi connectivity index (χ1) is 9.36. The van der Waals surface area contributed by atoms with E-state index in [0.717, 1.165) is 25.9 Å². The highest BCUT2D eigenvalue weighted by molar-refractivity contribution is 5.14. The maximum atomic E-state index is 4.96. The van der Waals surface area contributed by atoms with Crippen molar-refractivity contribution >= 4 is 0 Å². The molecule has 102 valence electrons. The summed E-state index contributed by atoms with van der Waals surface area (Å²) in [6.07, 6.45) is 3.37. The predicted molar refractivity (Wildman–Crippen MR) is 82.5 cm³/mol. The zero-order chi connectivity index (χ0) is 13.8. The molecular weight excluding hydrogens is 232 g/mol. The van der Waals surface area contributed by atoms with Crippen molar-refractivity contribution in [3.63, 3.8) is 0 Å². The molecule has 0 aliphatic rings. The summed E-state index contributed by atoms with van der Waals surface area (Å²) in [7, 11) is 1.74. The maximum Gasteiger partial charge on any atom is 0.0465 e. The zero-order valence-corrected chi connectivity index (χ0v) is 12.0. The SMILES string of the molecule is CCc1ccccc1.COCCCc1ccccc1. The smallest absolute Gasteiger partial charge is 0.0465 e. The van der Waals surface area contributed by atoms with Gasteiger partial charge in [-0.15, -0.1) is 0 Å². The van der Waals surface area contributed by atoms with Gasteiger partial charge >= 0.3 is 0 Å². The second kappa shape index (κ2) is 10.3. The lowest BCUT2D eigenvalue weighted by Crippen LogP contribution is -1.91. The van der Waals surface area contributed by atoms with Gasteiger partial charge in [0, 0.05) is 13.7 Å². The van der Waals surface area contributed by atoms with Gasteiger partial charge in [-0.2, -0.15) is 0 Å². The molecule has 0 radical (unpaired) electrons. The molecule has 0 aliphatic heterocycles. The highest BCUT2D eigenvalue weighted by Crippen LogP contribution is 2.01. The Morgan fingerprint density at radius 2 is 1.32 bits per heavy atom. The monoisotopic (exact) mass is 256 g/mol. The van der Waals surface area contributed by atoms with Gasteiger partial charge in [0.05, 0.1) is 0 Å². The van der Waals surface area contributed by atoms with Crippen LogP contribution in [0.4, 0.5) is 0 Å². The molecule has 2 rings (SSSR count). The van der Waals surface area contributed by atoms with E-state index in [1.54, 1.807) is 7.11 Å². The minimum Gasteiger partial charge on any atom is -0.385 e. The van der Waals surface area contributed by atoms with Gasteiger partial charge < -0.3 is 4.74 Å².